The Morgan fingerprint density at radius 3 is 2.67 bits per heavy atom. The SMILES string of the molecule is Nc1ccccc1CCOC1CCCC1. The number of para-hydroxylation sites is 1. The molecule has 15 heavy (non-hydrogen) atoms. The Balaban J connectivity index is 1.75. The summed E-state index contributed by atoms with van der Waals surface area (Å²) in [5.74, 6) is 0. The Morgan fingerprint density at radius 1 is 1.20 bits per heavy atom. The van der Waals surface area contributed by atoms with Crippen LogP contribution < -0.4 is 5.73 Å². The molecule has 0 amide bonds. The standard InChI is InChI=1S/C13H19NO/c14-13-8-4-1-5-11(13)9-10-15-12-6-2-3-7-12/h1,4-5,8,12H,2-3,6-7,9-10,14H2. The quantitative estimate of drug-likeness (QED) is 0.767. The summed E-state index contributed by atoms with van der Waals surface area (Å²) >= 11 is 0. The van der Waals surface area contributed by atoms with Crippen LogP contribution in [-0.2, 0) is 11.2 Å². The molecule has 2 nitrogen and oxygen atoms in total. The van der Waals surface area contributed by atoms with Crippen LogP contribution in [-0.4, -0.2) is 12.7 Å². The predicted molar refractivity (Wildman–Crippen MR) is 62.8 cm³/mol. The molecule has 0 aliphatic heterocycles. The minimum atomic E-state index is 0.509. The van der Waals surface area contributed by atoms with E-state index in [4.69, 9.17) is 10.5 Å². The normalized spacial score (nSPS) is 17.1. The number of hydrogen-bond donors (Lipinski definition) is 1. The maximum atomic E-state index is 5.86. The van der Waals surface area contributed by atoms with E-state index in [0.717, 1.165) is 18.7 Å². The van der Waals surface area contributed by atoms with Crippen molar-refractivity contribution in [3.05, 3.63) is 29.8 Å². The second kappa shape index (κ2) is 5.17. The van der Waals surface area contributed by atoms with E-state index >= 15 is 0 Å². The monoisotopic (exact) mass is 205 g/mol. The molecule has 1 aromatic carbocycles. The van der Waals surface area contributed by atoms with Crippen molar-refractivity contribution in [3.8, 4) is 0 Å². The van der Waals surface area contributed by atoms with Gasteiger partial charge in [-0.25, -0.2) is 0 Å². The molecular weight excluding hydrogens is 186 g/mol. The Bertz CT molecular complexity index is 305. The summed E-state index contributed by atoms with van der Waals surface area (Å²) in [7, 11) is 0. The van der Waals surface area contributed by atoms with Gasteiger partial charge in [0.2, 0.25) is 0 Å². The van der Waals surface area contributed by atoms with Crippen molar-refractivity contribution in [1.29, 1.82) is 0 Å². The summed E-state index contributed by atoms with van der Waals surface area (Å²) in [6.45, 7) is 0.804. The van der Waals surface area contributed by atoms with Gasteiger partial charge in [0.25, 0.3) is 0 Å². The molecule has 2 heteroatoms. The topological polar surface area (TPSA) is 35.2 Å². The van der Waals surface area contributed by atoms with E-state index in [0.29, 0.717) is 6.10 Å². The van der Waals surface area contributed by atoms with Crippen LogP contribution in [0.25, 0.3) is 0 Å². The Morgan fingerprint density at radius 2 is 1.93 bits per heavy atom. The zero-order valence-electron chi connectivity index (χ0n) is 9.11. The van der Waals surface area contributed by atoms with Crippen LogP contribution in [0, 0.1) is 0 Å². The number of hydrogen-bond acceptors (Lipinski definition) is 2. The Labute approximate surface area is 91.4 Å². The van der Waals surface area contributed by atoms with E-state index in [1.807, 2.05) is 18.2 Å². The summed E-state index contributed by atoms with van der Waals surface area (Å²) in [4.78, 5) is 0. The predicted octanol–water partition coefficient (Wildman–Crippen LogP) is 2.77. The lowest BCUT2D eigenvalue weighted by atomic mass is 10.1. The minimum Gasteiger partial charge on any atom is -0.399 e. The van der Waals surface area contributed by atoms with Gasteiger partial charge in [-0.3, -0.25) is 0 Å². The molecule has 1 aliphatic carbocycles. The zero-order chi connectivity index (χ0) is 10.5. The number of anilines is 1. The number of nitrogen functional groups attached to an aromatic ring is 1. The molecule has 2 N–H and O–H groups in total. The fourth-order valence-corrected chi connectivity index (χ4v) is 2.15. The maximum Gasteiger partial charge on any atom is 0.0575 e. The molecule has 0 radical (unpaired) electrons. The molecule has 0 bridgehead atoms. The average Bonchev–Trinajstić information content (AvgIpc) is 2.74. The van der Waals surface area contributed by atoms with Gasteiger partial charge in [0, 0.05) is 5.69 Å². The lowest BCUT2D eigenvalue weighted by Crippen LogP contribution is -2.10. The molecule has 1 fully saturated rings. The highest BCUT2D eigenvalue weighted by Gasteiger charge is 2.14. The molecule has 1 saturated carbocycles. The molecule has 0 atom stereocenters. The van der Waals surface area contributed by atoms with Crippen molar-refractivity contribution in [2.75, 3.05) is 12.3 Å². The van der Waals surface area contributed by atoms with Gasteiger partial charge in [0.05, 0.1) is 12.7 Å². The van der Waals surface area contributed by atoms with Gasteiger partial charge in [-0.15, -0.1) is 0 Å². The molecular formula is C13H19NO. The highest BCUT2D eigenvalue weighted by molar-refractivity contribution is 5.46. The molecule has 0 aromatic heterocycles. The number of ether oxygens (including phenoxy) is 1. The molecule has 1 aromatic rings. The molecule has 0 spiro atoms. The third-order valence-corrected chi connectivity index (χ3v) is 3.08. The maximum absolute atomic E-state index is 5.86. The number of rotatable bonds is 4. The van der Waals surface area contributed by atoms with Gasteiger partial charge in [-0.2, -0.15) is 0 Å². The average molecular weight is 205 g/mol. The number of nitrogens with two attached hydrogens (primary N) is 1. The summed E-state index contributed by atoms with van der Waals surface area (Å²) in [6.07, 6.45) is 6.59. The van der Waals surface area contributed by atoms with Gasteiger partial charge in [0.1, 0.15) is 0 Å². The first-order valence-electron chi connectivity index (χ1n) is 5.81. The van der Waals surface area contributed by atoms with Crippen molar-refractivity contribution >= 4 is 5.69 Å². The lowest BCUT2D eigenvalue weighted by molar-refractivity contribution is 0.0607. The number of benzene rings is 1. The largest absolute Gasteiger partial charge is 0.399 e. The minimum absolute atomic E-state index is 0.509. The van der Waals surface area contributed by atoms with Crippen molar-refractivity contribution < 1.29 is 4.74 Å². The van der Waals surface area contributed by atoms with Gasteiger partial charge < -0.3 is 10.5 Å². The van der Waals surface area contributed by atoms with Gasteiger partial charge in [0.15, 0.2) is 0 Å². The summed E-state index contributed by atoms with van der Waals surface area (Å²) in [5.41, 5.74) is 7.95. The Kier molecular flexibility index (Phi) is 3.62. The first kappa shape index (κ1) is 10.5. The lowest BCUT2D eigenvalue weighted by Gasteiger charge is -2.11. The molecule has 0 unspecified atom stereocenters. The van der Waals surface area contributed by atoms with Crippen LogP contribution >= 0.6 is 0 Å². The first-order chi connectivity index (χ1) is 7.36. The second-order valence-corrected chi connectivity index (χ2v) is 4.23. The molecule has 1 aliphatic rings. The summed E-state index contributed by atoms with van der Waals surface area (Å²) < 4.78 is 5.81. The van der Waals surface area contributed by atoms with E-state index in [9.17, 15) is 0 Å². The van der Waals surface area contributed by atoms with Crippen LogP contribution in [0.1, 0.15) is 31.2 Å². The van der Waals surface area contributed by atoms with E-state index in [1.54, 1.807) is 0 Å². The molecule has 2 rings (SSSR count). The summed E-state index contributed by atoms with van der Waals surface area (Å²) in [6, 6.07) is 8.02. The fraction of sp³-hybridized carbons (Fsp3) is 0.538. The van der Waals surface area contributed by atoms with Gasteiger partial charge >= 0.3 is 0 Å². The fourth-order valence-electron chi connectivity index (χ4n) is 2.15. The van der Waals surface area contributed by atoms with Crippen molar-refractivity contribution in [3.63, 3.8) is 0 Å². The third kappa shape index (κ3) is 2.96. The van der Waals surface area contributed by atoms with Gasteiger partial charge in [-0.1, -0.05) is 31.0 Å². The van der Waals surface area contributed by atoms with E-state index < -0.39 is 0 Å². The van der Waals surface area contributed by atoms with E-state index in [-0.39, 0.29) is 0 Å². The zero-order valence-corrected chi connectivity index (χ0v) is 9.11. The molecule has 0 heterocycles. The second-order valence-electron chi connectivity index (χ2n) is 4.23. The van der Waals surface area contributed by atoms with E-state index in [1.165, 1.54) is 31.2 Å². The third-order valence-electron chi connectivity index (χ3n) is 3.08. The molecule has 0 saturated heterocycles. The highest BCUT2D eigenvalue weighted by atomic mass is 16.5. The Hall–Kier alpha value is -1.02. The van der Waals surface area contributed by atoms with Crippen LogP contribution in [0.4, 0.5) is 5.69 Å². The van der Waals surface area contributed by atoms with Crippen molar-refractivity contribution in [2.24, 2.45) is 0 Å². The summed E-state index contributed by atoms with van der Waals surface area (Å²) in [5, 5.41) is 0. The van der Waals surface area contributed by atoms with Crippen LogP contribution in [0.15, 0.2) is 24.3 Å². The van der Waals surface area contributed by atoms with Gasteiger partial charge in [-0.05, 0) is 30.9 Å². The first-order valence-corrected chi connectivity index (χ1v) is 5.81. The van der Waals surface area contributed by atoms with E-state index in [2.05, 4.69) is 6.07 Å². The van der Waals surface area contributed by atoms with Crippen LogP contribution in [0.5, 0.6) is 0 Å². The highest BCUT2D eigenvalue weighted by Crippen LogP contribution is 2.21. The van der Waals surface area contributed by atoms with Crippen LogP contribution in [0.3, 0.4) is 0 Å². The van der Waals surface area contributed by atoms with Crippen molar-refractivity contribution in [1.82, 2.24) is 0 Å². The molecule has 82 valence electrons. The van der Waals surface area contributed by atoms with Crippen LogP contribution in [0.2, 0.25) is 0 Å². The van der Waals surface area contributed by atoms with Crippen molar-refractivity contribution in [2.45, 2.75) is 38.2 Å². The smallest absolute Gasteiger partial charge is 0.0575 e.